The molecular formula is C26H18BrN3O4S. The molecule has 1 amide bonds. The summed E-state index contributed by atoms with van der Waals surface area (Å²) in [5.41, 5.74) is 4.18. The number of benzene rings is 3. The summed E-state index contributed by atoms with van der Waals surface area (Å²) in [6, 6.07) is 21.4. The van der Waals surface area contributed by atoms with E-state index >= 15 is 0 Å². The standard InChI is InChI=1S/C26H18BrN3O4S/c1-14-2-9-19-23(12-14)34-25(29-19)18-8-7-17(13-20(18)31)28-26(35)30-24(32)22-11-10-21(33-22)15-3-5-16(27)6-4-15/h2-13,31H,1H3,(H2,28,30,32,35). The summed E-state index contributed by atoms with van der Waals surface area (Å²) in [5.74, 6) is 0.462. The smallest absolute Gasteiger partial charge is 0.293 e. The maximum Gasteiger partial charge on any atom is 0.293 e. The van der Waals surface area contributed by atoms with E-state index in [9.17, 15) is 9.90 Å². The Bertz CT molecular complexity index is 1570. The molecule has 35 heavy (non-hydrogen) atoms. The van der Waals surface area contributed by atoms with E-state index < -0.39 is 5.91 Å². The van der Waals surface area contributed by atoms with Gasteiger partial charge in [0.1, 0.15) is 17.0 Å². The molecule has 0 fully saturated rings. The molecule has 9 heteroatoms. The van der Waals surface area contributed by atoms with E-state index in [-0.39, 0.29) is 16.6 Å². The zero-order valence-electron chi connectivity index (χ0n) is 18.3. The van der Waals surface area contributed by atoms with Crippen molar-refractivity contribution < 1.29 is 18.7 Å². The maximum absolute atomic E-state index is 12.5. The zero-order valence-corrected chi connectivity index (χ0v) is 20.7. The zero-order chi connectivity index (χ0) is 24.5. The molecule has 3 aromatic carbocycles. The van der Waals surface area contributed by atoms with Crippen LogP contribution in [0.15, 0.2) is 86.1 Å². The number of oxazole rings is 1. The minimum Gasteiger partial charge on any atom is -0.507 e. The summed E-state index contributed by atoms with van der Waals surface area (Å²) < 4.78 is 12.4. The van der Waals surface area contributed by atoms with Gasteiger partial charge in [0.05, 0.1) is 5.56 Å². The summed E-state index contributed by atoms with van der Waals surface area (Å²) in [4.78, 5) is 17.0. The van der Waals surface area contributed by atoms with Crippen LogP contribution in [0.2, 0.25) is 0 Å². The number of nitrogens with one attached hydrogen (secondary N) is 2. The molecule has 0 aliphatic heterocycles. The number of hydrogen-bond acceptors (Lipinski definition) is 6. The van der Waals surface area contributed by atoms with E-state index in [0.29, 0.717) is 34.0 Å². The van der Waals surface area contributed by atoms with Crippen LogP contribution < -0.4 is 10.6 Å². The third kappa shape index (κ3) is 4.96. The van der Waals surface area contributed by atoms with Gasteiger partial charge in [-0.1, -0.05) is 34.1 Å². The monoisotopic (exact) mass is 547 g/mol. The van der Waals surface area contributed by atoms with Gasteiger partial charge in [-0.05, 0) is 73.2 Å². The number of carbonyl (C=O) groups is 1. The quantitative estimate of drug-likeness (QED) is 0.216. The number of amides is 1. The molecular weight excluding hydrogens is 530 g/mol. The molecule has 0 aliphatic rings. The number of aromatic hydroxyl groups is 1. The van der Waals surface area contributed by atoms with Crippen LogP contribution in [0.25, 0.3) is 33.9 Å². The van der Waals surface area contributed by atoms with E-state index in [1.807, 2.05) is 49.4 Å². The van der Waals surface area contributed by atoms with Gasteiger partial charge in [-0.2, -0.15) is 0 Å². The highest BCUT2D eigenvalue weighted by Crippen LogP contribution is 2.33. The number of phenolic OH excluding ortho intramolecular Hbond substituents is 1. The fourth-order valence-corrected chi connectivity index (χ4v) is 3.97. The maximum atomic E-state index is 12.5. The van der Waals surface area contributed by atoms with E-state index in [0.717, 1.165) is 15.6 Å². The van der Waals surface area contributed by atoms with Crippen molar-refractivity contribution in [1.29, 1.82) is 0 Å². The minimum absolute atomic E-state index is 0.0439. The molecule has 0 unspecified atom stereocenters. The van der Waals surface area contributed by atoms with Crippen LogP contribution in [-0.4, -0.2) is 21.1 Å². The van der Waals surface area contributed by atoms with Crippen molar-refractivity contribution in [1.82, 2.24) is 10.3 Å². The molecule has 0 spiro atoms. The Morgan fingerprint density at radius 2 is 1.80 bits per heavy atom. The lowest BCUT2D eigenvalue weighted by atomic mass is 10.2. The summed E-state index contributed by atoms with van der Waals surface area (Å²) in [6.45, 7) is 1.97. The average molecular weight is 548 g/mol. The van der Waals surface area contributed by atoms with Gasteiger partial charge in [0.25, 0.3) is 5.91 Å². The van der Waals surface area contributed by atoms with Crippen molar-refractivity contribution in [2.24, 2.45) is 0 Å². The van der Waals surface area contributed by atoms with Crippen molar-refractivity contribution in [2.45, 2.75) is 6.92 Å². The lowest BCUT2D eigenvalue weighted by molar-refractivity contribution is 0.0951. The first-order valence-electron chi connectivity index (χ1n) is 10.5. The number of rotatable bonds is 4. The summed E-state index contributed by atoms with van der Waals surface area (Å²) in [7, 11) is 0. The third-order valence-electron chi connectivity index (χ3n) is 5.22. The predicted molar refractivity (Wildman–Crippen MR) is 141 cm³/mol. The SMILES string of the molecule is Cc1ccc2nc(-c3ccc(NC(=S)NC(=O)c4ccc(-c5ccc(Br)cc5)o4)cc3O)oc2c1. The molecule has 0 atom stereocenters. The molecule has 5 rings (SSSR count). The van der Waals surface area contributed by atoms with Gasteiger partial charge in [-0.25, -0.2) is 4.98 Å². The minimum atomic E-state index is -0.492. The lowest BCUT2D eigenvalue weighted by Crippen LogP contribution is -2.33. The van der Waals surface area contributed by atoms with Crippen molar-refractivity contribution in [2.75, 3.05) is 5.32 Å². The second-order valence-corrected chi connectivity index (χ2v) is 9.13. The fraction of sp³-hybridized carbons (Fsp3) is 0.0385. The number of fused-ring (bicyclic) bond motifs is 1. The molecule has 0 saturated heterocycles. The Balaban J connectivity index is 1.25. The Labute approximate surface area is 213 Å². The van der Waals surface area contributed by atoms with Crippen LogP contribution >= 0.6 is 28.1 Å². The van der Waals surface area contributed by atoms with Crippen LogP contribution in [0.3, 0.4) is 0 Å². The predicted octanol–water partition coefficient (Wildman–Crippen LogP) is 6.66. The Hall–Kier alpha value is -3.95. The number of aryl methyl sites for hydroxylation is 1. The molecule has 7 nitrogen and oxygen atoms in total. The first kappa shape index (κ1) is 22.8. The largest absolute Gasteiger partial charge is 0.507 e. The molecule has 2 aromatic heterocycles. The van der Waals surface area contributed by atoms with Crippen LogP contribution in [0.4, 0.5) is 5.69 Å². The molecule has 0 aliphatic carbocycles. The highest BCUT2D eigenvalue weighted by atomic mass is 79.9. The Morgan fingerprint density at radius 1 is 1.00 bits per heavy atom. The van der Waals surface area contributed by atoms with E-state index in [1.165, 1.54) is 6.07 Å². The van der Waals surface area contributed by atoms with Crippen molar-refractivity contribution in [3.8, 4) is 28.5 Å². The van der Waals surface area contributed by atoms with E-state index in [2.05, 4.69) is 31.5 Å². The molecule has 0 saturated carbocycles. The number of anilines is 1. The second-order valence-electron chi connectivity index (χ2n) is 7.80. The highest BCUT2D eigenvalue weighted by molar-refractivity contribution is 9.10. The molecule has 3 N–H and O–H groups in total. The van der Waals surface area contributed by atoms with Gasteiger partial charge in [0, 0.05) is 21.8 Å². The van der Waals surface area contributed by atoms with Crippen LogP contribution in [0.5, 0.6) is 5.75 Å². The second kappa shape index (κ2) is 9.36. The Kier molecular flexibility index (Phi) is 6.10. The molecule has 0 radical (unpaired) electrons. The fourth-order valence-electron chi connectivity index (χ4n) is 3.49. The van der Waals surface area contributed by atoms with Gasteiger partial charge in [0.15, 0.2) is 16.5 Å². The van der Waals surface area contributed by atoms with Crippen LogP contribution in [0, 0.1) is 6.92 Å². The third-order valence-corrected chi connectivity index (χ3v) is 5.95. The normalized spacial score (nSPS) is 10.9. The van der Waals surface area contributed by atoms with Crippen LogP contribution in [-0.2, 0) is 0 Å². The van der Waals surface area contributed by atoms with Crippen molar-refractivity contribution >= 4 is 56.0 Å². The van der Waals surface area contributed by atoms with E-state index in [4.69, 9.17) is 21.1 Å². The number of thiocarbonyl (C=S) groups is 1. The van der Waals surface area contributed by atoms with Gasteiger partial charge in [-0.15, -0.1) is 0 Å². The number of aromatic nitrogens is 1. The van der Waals surface area contributed by atoms with E-state index in [1.54, 1.807) is 24.3 Å². The summed E-state index contributed by atoms with van der Waals surface area (Å²) >= 11 is 8.64. The van der Waals surface area contributed by atoms with Gasteiger partial charge in [0.2, 0.25) is 5.89 Å². The molecule has 2 heterocycles. The van der Waals surface area contributed by atoms with Gasteiger partial charge in [-0.3, -0.25) is 10.1 Å². The van der Waals surface area contributed by atoms with Crippen molar-refractivity contribution in [3.63, 3.8) is 0 Å². The number of halogens is 1. The number of phenols is 1. The molecule has 0 bridgehead atoms. The number of carbonyl (C=O) groups excluding carboxylic acids is 1. The first-order chi connectivity index (χ1) is 16.9. The molecule has 5 aromatic rings. The van der Waals surface area contributed by atoms with Crippen LogP contribution in [0.1, 0.15) is 16.1 Å². The summed E-state index contributed by atoms with van der Waals surface area (Å²) in [5, 5.41) is 16.1. The summed E-state index contributed by atoms with van der Waals surface area (Å²) in [6.07, 6.45) is 0. The topological polar surface area (TPSA) is 101 Å². The average Bonchev–Trinajstić information content (AvgIpc) is 3.47. The Morgan fingerprint density at radius 3 is 2.57 bits per heavy atom. The number of hydrogen-bond donors (Lipinski definition) is 3. The van der Waals surface area contributed by atoms with Gasteiger partial charge < -0.3 is 19.3 Å². The first-order valence-corrected chi connectivity index (χ1v) is 11.7. The van der Waals surface area contributed by atoms with Crippen molar-refractivity contribution in [3.05, 3.63) is 88.6 Å². The lowest BCUT2D eigenvalue weighted by Gasteiger charge is -2.10. The number of nitrogens with zero attached hydrogens (tertiary/aromatic N) is 1. The van der Waals surface area contributed by atoms with Gasteiger partial charge >= 0.3 is 0 Å². The highest BCUT2D eigenvalue weighted by Gasteiger charge is 2.16. The molecule has 174 valence electrons. The number of furan rings is 1.